The van der Waals surface area contributed by atoms with Gasteiger partial charge in [0.25, 0.3) is 0 Å². The Hall–Kier alpha value is -2.80. The lowest BCUT2D eigenvalue weighted by atomic mass is 10.0. The highest BCUT2D eigenvalue weighted by atomic mass is 16.5. The zero-order valence-electron chi connectivity index (χ0n) is 18.1. The number of ether oxygens (including phenoxy) is 1. The number of nitrogens with zero attached hydrogens (tertiary/aromatic N) is 5. The van der Waals surface area contributed by atoms with E-state index in [2.05, 4.69) is 46.0 Å². The van der Waals surface area contributed by atoms with E-state index in [4.69, 9.17) is 4.74 Å². The van der Waals surface area contributed by atoms with Gasteiger partial charge in [-0.1, -0.05) is 38.1 Å². The highest BCUT2D eigenvalue weighted by Crippen LogP contribution is 2.22. The Balaban J connectivity index is 1.47. The van der Waals surface area contributed by atoms with E-state index in [1.807, 2.05) is 32.0 Å². The summed E-state index contributed by atoms with van der Waals surface area (Å²) in [5.74, 6) is 0.988. The molecule has 0 aliphatic carbocycles. The van der Waals surface area contributed by atoms with Gasteiger partial charge in [0.15, 0.2) is 5.78 Å². The number of carbonyl (C=O) groups excluding carboxylic acids is 1. The molecule has 1 atom stereocenters. The van der Waals surface area contributed by atoms with Gasteiger partial charge in [-0.3, -0.25) is 4.79 Å². The molecule has 4 rings (SSSR count). The van der Waals surface area contributed by atoms with Gasteiger partial charge >= 0.3 is 0 Å². The summed E-state index contributed by atoms with van der Waals surface area (Å²) in [6.45, 7) is 10.0. The van der Waals surface area contributed by atoms with Crippen LogP contribution in [0.3, 0.4) is 0 Å². The van der Waals surface area contributed by atoms with Crippen molar-refractivity contribution in [3.05, 3.63) is 52.8 Å². The second kappa shape index (κ2) is 8.52. The average Bonchev–Trinajstić information content (AvgIpc) is 3.46. The van der Waals surface area contributed by atoms with Crippen LogP contribution in [-0.4, -0.2) is 43.3 Å². The first kappa shape index (κ1) is 20.5. The van der Waals surface area contributed by atoms with Crippen molar-refractivity contribution in [1.82, 2.24) is 24.8 Å². The summed E-state index contributed by atoms with van der Waals surface area (Å²) in [5, 5.41) is 12.6. The highest BCUT2D eigenvalue weighted by Gasteiger charge is 2.21. The molecule has 0 amide bonds. The van der Waals surface area contributed by atoms with E-state index in [-0.39, 0.29) is 18.4 Å². The first-order valence-corrected chi connectivity index (χ1v) is 10.6. The van der Waals surface area contributed by atoms with Crippen LogP contribution >= 0.6 is 0 Å². The third kappa shape index (κ3) is 4.21. The van der Waals surface area contributed by atoms with Crippen molar-refractivity contribution in [3.63, 3.8) is 0 Å². The van der Waals surface area contributed by atoms with Crippen LogP contribution in [0, 0.1) is 13.8 Å². The maximum Gasteiger partial charge on any atom is 0.204 e. The topological polar surface area (TPSA) is 74.8 Å². The Morgan fingerprint density at radius 2 is 2.00 bits per heavy atom. The molecule has 30 heavy (non-hydrogen) atoms. The predicted molar refractivity (Wildman–Crippen MR) is 115 cm³/mol. The van der Waals surface area contributed by atoms with E-state index >= 15 is 0 Å². The molecule has 1 aliphatic rings. The van der Waals surface area contributed by atoms with E-state index in [1.54, 1.807) is 0 Å². The van der Waals surface area contributed by atoms with Crippen molar-refractivity contribution in [2.45, 2.75) is 65.6 Å². The zero-order chi connectivity index (χ0) is 21.3. The first-order valence-electron chi connectivity index (χ1n) is 10.6. The second-order valence-electron chi connectivity index (χ2n) is 8.37. The Labute approximate surface area is 177 Å². The lowest BCUT2D eigenvalue weighted by Crippen LogP contribution is -2.18. The number of aryl methyl sites for hydroxylation is 1. The van der Waals surface area contributed by atoms with Crippen LogP contribution in [0.4, 0.5) is 0 Å². The zero-order valence-corrected chi connectivity index (χ0v) is 18.1. The molecule has 1 fully saturated rings. The van der Waals surface area contributed by atoms with E-state index in [0.29, 0.717) is 17.3 Å². The Kier molecular flexibility index (Phi) is 5.81. The van der Waals surface area contributed by atoms with Gasteiger partial charge in [-0.05, 0) is 49.5 Å². The van der Waals surface area contributed by atoms with Gasteiger partial charge in [0.05, 0.1) is 6.10 Å². The molecule has 0 bridgehead atoms. The van der Waals surface area contributed by atoms with Crippen LogP contribution in [0.15, 0.2) is 30.3 Å². The standard InChI is InChI=1S/C23H29N5O2/c1-15(2)18-7-9-19(10-8-18)23-24-26-28(25-23)14-22(29)21-12-16(3)27(17(21)4)13-20-6-5-11-30-20/h7-10,12,15,20H,5-6,11,13-14H2,1-4H3. The molecule has 1 saturated heterocycles. The molecule has 0 saturated carbocycles. The smallest absolute Gasteiger partial charge is 0.204 e. The molecular weight excluding hydrogens is 378 g/mol. The molecule has 158 valence electrons. The van der Waals surface area contributed by atoms with Crippen LogP contribution in [0.1, 0.15) is 59.9 Å². The number of Topliss-reactive ketones (excluding diaryl/α,β-unsaturated/α-hetero) is 1. The summed E-state index contributed by atoms with van der Waals surface area (Å²) in [5.41, 5.74) is 4.92. The van der Waals surface area contributed by atoms with Crippen LogP contribution in [0.25, 0.3) is 11.4 Å². The van der Waals surface area contributed by atoms with Crippen molar-refractivity contribution in [2.75, 3.05) is 6.61 Å². The highest BCUT2D eigenvalue weighted by molar-refractivity contribution is 5.97. The van der Waals surface area contributed by atoms with Gasteiger partial charge in [0.1, 0.15) is 6.54 Å². The Morgan fingerprint density at radius 3 is 2.67 bits per heavy atom. The summed E-state index contributed by atoms with van der Waals surface area (Å²) < 4.78 is 7.94. The van der Waals surface area contributed by atoms with Gasteiger partial charge in [-0.2, -0.15) is 4.80 Å². The molecule has 0 N–H and O–H groups in total. The maximum absolute atomic E-state index is 12.9. The van der Waals surface area contributed by atoms with E-state index in [9.17, 15) is 4.79 Å². The third-order valence-electron chi connectivity index (χ3n) is 5.86. The molecule has 0 spiro atoms. The van der Waals surface area contributed by atoms with Crippen molar-refractivity contribution in [2.24, 2.45) is 0 Å². The summed E-state index contributed by atoms with van der Waals surface area (Å²) in [6.07, 6.45) is 2.42. The fraction of sp³-hybridized carbons (Fsp3) is 0.478. The summed E-state index contributed by atoms with van der Waals surface area (Å²) in [4.78, 5) is 14.3. The number of hydrogen-bond donors (Lipinski definition) is 0. The van der Waals surface area contributed by atoms with Crippen LogP contribution in [-0.2, 0) is 17.8 Å². The quantitative estimate of drug-likeness (QED) is 0.555. The SMILES string of the molecule is Cc1cc(C(=O)Cn2nnc(-c3ccc(C(C)C)cc3)n2)c(C)n1CC1CCCO1. The van der Waals surface area contributed by atoms with Crippen molar-refractivity contribution >= 4 is 5.78 Å². The number of tetrazole rings is 1. The molecule has 2 aromatic heterocycles. The fourth-order valence-electron chi connectivity index (χ4n) is 4.01. The molecule has 0 radical (unpaired) electrons. The van der Waals surface area contributed by atoms with E-state index in [0.717, 1.165) is 42.9 Å². The molecule has 7 heteroatoms. The molecule has 7 nitrogen and oxygen atoms in total. The minimum absolute atomic E-state index is 0.0132. The number of carbonyl (C=O) groups is 1. The van der Waals surface area contributed by atoms with Gasteiger partial charge in [0, 0.05) is 35.7 Å². The van der Waals surface area contributed by atoms with E-state index < -0.39 is 0 Å². The number of aromatic nitrogens is 5. The van der Waals surface area contributed by atoms with Crippen LogP contribution in [0.5, 0.6) is 0 Å². The Bertz CT molecular complexity index is 1030. The van der Waals surface area contributed by atoms with Crippen molar-refractivity contribution in [1.29, 1.82) is 0 Å². The van der Waals surface area contributed by atoms with Crippen LogP contribution in [0.2, 0.25) is 0 Å². The summed E-state index contributed by atoms with van der Waals surface area (Å²) >= 11 is 0. The van der Waals surface area contributed by atoms with Crippen molar-refractivity contribution in [3.8, 4) is 11.4 Å². The normalized spacial score (nSPS) is 16.5. The monoisotopic (exact) mass is 407 g/mol. The largest absolute Gasteiger partial charge is 0.376 e. The average molecular weight is 408 g/mol. The van der Waals surface area contributed by atoms with Gasteiger partial charge in [-0.25, -0.2) is 0 Å². The first-order chi connectivity index (χ1) is 14.4. The lowest BCUT2D eigenvalue weighted by molar-refractivity contribution is 0.0943. The summed E-state index contributed by atoms with van der Waals surface area (Å²) in [7, 11) is 0. The number of rotatable bonds is 7. The number of ketones is 1. The second-order valence-corrected chi connectivity index (χ2v) is 8.37. The molecule has 1 aromatic carbocycles. The minimum atomic E-state index is -0.0132. The fourth-order valence-corrected chi connectivity index (χ4v) is 4.01. The van der Waals surface area contributed by atoms with Crippen LogP contribution < -0.4 is 0 Å². The maximum atomic E-state index is 12.9. The Morgan fingerprint density at radius 1 is 1.23 bits per heavy atom. The molecule has 1 unspecified atom stereocenters. The molecule has 3 aromatic rings. The third-order valence-corrected chi connectivity index (χ3v) is 5.86. The molecular formula is C23H29N5O2. The van der Waals surface area contributed by atoms with Gasteiger partial charge in [-0.15, -0.1) is 10.2 Å². The lowest BCUT2D eigenvalue weighted by Gasteiger charge is -2.14. The van der Waals surface area contributed by atoms with E-state index in [1.165, 1.54) is 10.4 Å². The summed E-state index contributed by atoms with van der Waals surface area (Å²) in [6, 6.07) is 10.1. The van der Waals surface area contributed by atoms with Crippen molar-refractivity contribution < 1.29 is 9.53 Å². The molecule has 1 aliphatic heterocycles. The minimum Gasteiger partial charge on any atom is -0.376 e. The van der Waals surface area contributed by atoms with Gasteiger partial charge < -0.3 is 9.30 Å². The molecule has 3 heterocycles. The number of benzene rings is 1. The predicted octanol–water partition coefficient (Wildman–Crippen LogP) is 3.94. The van der Waals surface area contributed by atoms with Gasteiger partial charge in [0.2, 0.25) is 5.82 Å². The number of hydrogen-bond acceptors (Lipinski definition) is 5.